The van der Waals surface area contributed by atoms with Gasteiger partial charge in [-0.3, -0.25) is 20.2 Å². The molecule has 0 bridgehead atoms. The first-order valence-corrected chi connectivity index (χ1v) is 5.85. The van der Waals surface area contributed by atoms with E-state index < -0.39 is 17.9 Å². The normalized spacial score (nSPS) is 17.9. The summed E-state index contributed by atoms with van der Waals surface area (Å²) in [5.41, 5.74) is 1.27. The zero-order valence-corrected chi connectivity index (χ0v) is 10.2. The standard InChI is InChI=1S/C12H10N4O4/c17-9(18)5-7-10(19)15-11(13-7)16-12-14-6-3-1-2-4-8(6)20-12/h1-4,7H,5H2,(H,17,18)(H2,13,14,15,16,19). The number of carboxylic acids is 1. The summed E-state index contributed by atoms with van der Waals surface area (Å²) in [6.07, 6.45) is -0.357. The molecule has 8 heteroatoms. The molecule has 1 aromatic heterocycles. The van der Waals surface area contributed by atoms with Crippen LogP contribution in [0.3, 0.4) is 0 Å². The van der Waals surface area contributed by atoms with Crippen molar-refractivity contribution in [3.8, 4) is 0 Å². The first-order valence-electron chi connectivity index (χ1n) is 5.85. The van der Waals surface area contributed by atoms with Crippen molar-refractivity contribution in [1.29, 1.82) is 0 Å². The molecule has 102 valence electrons. The Kier molecular flexibility index (Phi) is 2.82. The number of guanidine groups is 1. The Bertz CT molecular complexity index is 688. The van der Waals surface area contributed by atoms with Gasteiger partial charge in [-0.05, 0) is 12.1 Å². The Morgan fingerprint density at radius 1 is 1.45 bits per heavy atom. The fraction of sp³-hybridized carbons (Fsp3) is 0.167. The molecule has 1 unspecified atom stereocenters. The van der Waals surface area contributed by atoms with Gasteiger partial charge in [0.05, 0.1) is 6.42 Å². The summed E-state index contributed by atoms with van der Waals surface area (Å²) in [6, 6.07) is 6.43. The van der Waals surface area contributed by atoms with Crippen LogP contribution in [0.5, 0.6) is 0 Å². The van der Waals surface area contributed by atoms with E-state index in [1.54, 1.807) is 12.1 Å². The van der Waals surface area contributed by atoms with E-state index in [9.17, 15) is 9.59 Å². The molecule has 1 atom stereocenters. The van der Waals surface area contributed by atoms with E-state index in [2.05, 4.69) is 20.6 Å². The number of rotatable bonds is 3. The number of amides is 1. The number of hydrogen-bond acceptors (Lipinski definition) is 6. The molecule has 2 aromatic rings. The second-order valence-corrected chi connectivity index (χ2v) is 4.19. The maximum Gasteiger partial charge on any atom is 0.306 e. The van der Waals surface area contributed by atoms with Crippen molar-refractivity contribution in [2.24, 2.45) is 4.99 Å². The highest BCUT2D eigenvalue weighted by Crippen LogP contribution is 2.18. The molecule has 0 aliphatic carbocycles. The van der Waals surface area contributed by atoms with Gasteiger partial charge in [-0.15, -0.1) is 0 Å². The summed E-state index contributed by atoms with van der Waals surface area (Å²) in [6.45, 7) is 0. The molecule has 0 radical (unpaired) electrons. The molecule has 8 nitrogen and oxygen atoms in total. The molecule has 0 saturated carbocycles. The van der Waals surface area contributed by atoms with Gasteiger partial charge in [0.1, 0.15) is 11.6 Å². The number of aliphatic imine (C=N–C) groups is 1. The van der Waals surface area contributed by atoms with Crippen molar-refractivity contribution in [2.45, 2.75) is 12.5 Å². The molecule has 0 fully saturated rings. The summed E-state index contributed by atoms with van der Waals surface area (Å²) < 4.78 is 5.41. The minimum absolute atomic E-state index is 0.132. The predicted octanol–water partition coefficient (Wildman–Crippen LogP) is 0.569. The molecular formula is C12H10N4O4. The van der Waals surface area contributed by atoms with Crippen LogP contribution in [0.4, 0.5) is 6.01 Å². The van der Waals surface area contributed by atoms with E-state index in [0.29, 0.717) is 11.1 Å². The Balaban J connectivity index is 1.77. The topological polar surface area (TPSA) is 117 Å². The Morgan fingerprint density at radius 2 is 2.25 bits per heavy atom. The number of aliphatic carboxylic acids is 1. The number of anilines is 1. The number of fused-ring (bicyclic) bond motifs is 1. The SMILES string of the molecule is O=C(O)CC1N=C(Nc2nc3ccccc3o2)NC1=O. The molecule has 3 rings (SSSR count). The predicted molar refractivity (Wildman–Crippen MR) is 69.3 cm³/mol. The second-order valence-electron chi connectivity index (χ2n) is 4.19. The molecule has 1 aliphatic rings. The number of oxazole rings is 1. The number of carboxylic acid groups (broad SMARTS) is 1. The van der Waals surface area contributed by atoms with Crippen LogP contribution in [-0.4, -0.2) is 34.0 Å². The lowest BCUT2D eigenvalue weighted by Gasteiger charge is -1.99. The fourth-order valence-corrected chi connectivity index (χ4v) is 1.84. The van der Waals surface area contributed by atoms with Gasteiger partial charge in [-0.25, -0.2) is 4.99 Å². The maximum atomic E-state index is 11.5. The minimum Gasteiger partial charge on any atom is -0.481 e. The van der Waals surface area contributed by atoms with Crippen molar-refractivity contribution >= 4 is 35.0 Å². The third-order valence-electron chi connectivity index (χ3n) is 2.72. The summed E-state index contributed by atoms with van der Waals surface area (Å²) >= 11 is 0. The first-order chi connectivity index (χ1) is 9.61. The monoisotopic (exact) mass is 274 g/mol. The number of benzene rings is 1. The Morgan fingerprint density at radius 3 is 3.00 bits per heavy atom. The van der Waals surface area contributed by atoms with Crippen LogP contribution < -0.4 is 10.6 Å². The highest BCUT2D eigenvalue weighted by atomic mass is 16.4. The molecule has 0 spiro atoms. The molecule has 20 heavy (non-hydrogen) atoms. The lowest BCUT2D eigenvalue weighted by molar-refractivity contribution is -0.139. The van der Waals surface area contributed by atoms with Gasteiger partial charge < -0.3 is 9.52 Å². The summed E-state index contributed by atoms with van der Waals surface area (Å²) in [7, 11) is 0. The highest BCUT2D eigenvalue weighted by Gasteiger charge is 2.29. The largest absolute Gasteiger partial charge is 0.481 e. The summed E-state index contributed by atoms with van der Waals surface area (Å²) in [5.74, 6) is -1.42. The molecule has 1 aliphatic heterocycles. The quantitative estimate of drug-likeness (QED) is 0.753. The van der Waals surface area contributed by atoms with Crippen LogP contribution in [0.15, 0.2) is 33.7 Å². The van der Waals surface area contributed by atoms with Gasteiger partial charge in [-0.1, -0.05) is 12.1 Å². The van der Waals surface area contributed by atoms with E-state index in [1.807, 2.05) is 12.1 Å². The van der Waals surface area contributed by atoms with Crippen molar-refractivity contribution in [3.63, 3.8) is 0 Å². The number of carbonyl (C=O) groups is 2. The minimum atomic E-state index is -1.09. The smallest absolute Gasteiger partial charge is 0.306 e. The van der Waals surface area contributed by atoms with Crippen LogP contribution >= 0.6 is 0 Å². The lowest BCUT2D eigenvalue weighted by atomic mass is 10.2. The van der Waals surface area contributed by atoms with Gasteiger partial charge in [0.2, 0.25) is 5.96 Å². The van der Waals surface area contributed by atoms with Crippen molar-refractivity contribution < 1.29 is 19.1 Å². The number of nitrogens with one attached hydrogen (secondary N) is 2. The van der Waals surface area contributed by atoms with E-state index in [-0.39, 0.29) is 18.4 Å². The molecule has 1 amide bonds. The zero-order chi connectivity index (χ0) is 14.1. The van der Waals surface area contributed by atoms with Crippen molar-refractivity contribution in [2.75, 3.05) is 5.32 Å². The van der Waals surface area contributed by atoms with E-state index in [4.69, 9.17) is 9.52 Å². The molecule has 0 saturated heterocycles. The Hall–Kier alpha value is -2.90. The fourth-order valence-electron chi connectivity index (χ4n) is 1.84. The van der Waals surface area contributed by atoms with Crippen molar-refractivity contribution in [3.05, 3.63) is 24.3 Å². The zero-order valence-electron chi connectivity index (χ0n) is 10.2. The third kappa shape index (κ3) is 2.30. The Labute approximate surface area is 112 Å². The van der Waals surface area contributed by atoms with Crippen LogP contribution in [0.2, 0.25) is 0 Å². The van der Waals surface area contributed by atoms with E-state index in [0.717, 1.165) is 0 Å². The average Bonchev–Trinajstić information content (AvgIpc) is 2.92. The summed E-state index contributed by atoms with van der Waals surface area (Å²) in [4.78, 5) is 30.2. The van der Waals surface area contributed by atoms with Gasteiger partial charge >= 0.3 is 12.0 Å². The molecular weight excluding hydrogens is 264 g/mol. The number of para-hydroxylation sites is 2. The van der Waals surface area contributed by atoms with Crippen LogP contribution in [0, 0.1) is 0 Å². The highest BCUT2D eigenvalue weighted by molar-refractivity contribution is 6.10. The first kappa shape index (κ1) is 12.2. The van der Waals surface area contributed by atoms with Crippen LogP contribution in [0.25, 0.3) is 11.1 Å². The molecule has 2 heterocycles. The van der Waals surface area contributed by atoms with Crippen LogP contribution in [-0.2, 0) is 9.59 Å². The van der Waals surface area contributed by atoms with Crippen molar-refractivity contribution in [1.82, 2.24) is 10.3 Å². The molecule has 3 N–H and O–H groups in total. The number of nitrogens with zero attached hydrogens (tertiary/aromatic N) is 2. The van der Waals surface area contributed by atoms with E-state index >= 15 is 0 Å². The van der Waals surface area contributed by atoms with E-state index in [1.165, 1.54) is 0 Å². The number of aromatic nitrogens is 1. The second kappa shape index (κ2) is 4.65. The van der Waals surface area contributed by atoms with Gasteiger partial charge in [0.25, 0.3) is 5.91 Å². The average molecular weight is 274 g/mol. The maximum absolute atomic E-state index is 11.5. The van der Waals surface area contributed by atoms with Gasteiger partial charge in [0, 0.05) is 0 Å². The molecule has 1 aromatic carbocycles. The lowest BCUT2D eigenvalue weighted by Crippen LogP contribution is -2.33. The van der Waals surface area contributed by atoms with Gasteiger partial charge in [0.15, 0.2) is 5.58 Å². The number of carbonyl (C=O) groups excluding carboxylic acids is 1. The van der Waals surface area contributed by atoms with Gasteiger partial charge in [-0.2, -0.15) is 4.98 Å². The number of hydrogen-bond donors (Lipinski definition) is 3. The van der Waals surface area contributed by atoms with Crippen LogP contribution in [0.1, 0.15) is 6.42 Å². The third-order valence-corrected chi connectivity index (χ3v) is 2.72. The summed E-state index contributed by atoms with van der Waals surface area (Å²) in [5, 5.41) is 13.8.